The van der Waals surface area contributed by atoms with Crippen LogP contribution in [0.2, 0.25) is 0 Å². The highest BCUT2D eigenvalue weighted by atomic mass is 16.1. The topological polar surface area (TPSA) is 60.7 Å². The minimum Gasteiger partial charge on any atom is -0.317 e. The summed E-state index contributed by atoms with van der Waals surface area (Å²) in [5, 5.41) is 8.85. The largest absolute Gasteiger partial charge is 0.317 e. The lowest BCUT2D eigenvalue weighted by molar-refractivity contribution is 0.327. The molecule has 3 N–H and O–H groups in total. The molecule has 4 nitrogen and oxygen atoms in total. The van der Waals surface area contributed by atoms with Gasteiger partial charge in [-0.1, -0.05) is 6.92 Å². The van der Waals surface area contributed by atoms with Crippen molar-refractivity contribution in [2.24, 2.45) is 0 Å². The van der Waals surface area contributed by atoms with Gasteiger partial charge in [0.05, 0.1) is 0 Å². The Kier molecular flexibility index (Phi) is 2.00. The van der Waals surface area contributed by atoms with Gasteiger partial charge in [0.15, 0.2) is 0 Å². The highest BCUT2D eigenvalue weighted by molar-refractivity contribution is 5.14. The first-order chi connectivity index (χ1) is 6.21. The molecule has 1 aromatic heterocycles. The maximum atomic E-state index is 11.0. The van der Waals surface area contributed by atoms with Crippen LogP contribution in [0.3, 0.4) is 0 Å². The third-order valence-corrected chi connectivity index (χ3v) is 2.95. The average molecular weight is 181 g/mol. The number of aromatic amines is 2. The molecule has 0 bridgehead atoms. The molecule has 0 amide bonds. The van der Waals surface area contributed by atoms with Gasteiger partial charge in [-0.25, -0.2) is 0 Å². The molecule has 13 heavy (non-hydrogen) atoms. The summed E-state index contributed by atoms with van der Waals surface area (Å²) >= 11 is 0. The van der Waals surface area contributed by atoms with Gasteiger partial charge in [-0.3, -0.25) is 9.89 Å². The SMILES string of the molecule is CC1(c2cc(=O)[nH][nH]2)CCNCC1. The molecule has 2 rings (SSSR count). The van der Waals surface area contributed by atoms with E-state index in [-0.39, 0.29) is 11.0 Å². The van der Waals surface area contributed by atoms with Gasteiger partial charge in [0, 0.05) is 17.2 Å². The molecule has 0 unspecified atom stereocenters. The Hall–Kier alpha value is -1.03. The lowest BCUT2D eigenvalue weighted by atomic mass is 9.78. The Morgan fingerprint density at radius 1 is 1.31 bits per heavy atom. The normalized spacial score (nSPS) is 21.6. The Bertz CT molecular complexity index is 333. The van der Waals surface area contributed by atoms with Crippen LogP contribution in [0.4, 0.5) is 0 Å². The van der Waals surface area contributed by atoms with Crippen molar-refractivity contribution in [1.29, 1.82) is 0 Å². The van der Waals surface area contributed by atoms with E-state index in [4.69, 9.17) is 0 Å². The molecule has 4 heteroatoms. The quantitative estimate of drug-likeness (QED) is 0.585. The number of piperidine rings is 1. The van der Waals surface area contributed by atoms with Crippen molar-refractivity contribution in [2.75, 3.05) is 13.1 Å². The van der Waals surface area contributed by atoms with Crippen molar-refractivity contribution >= 4 is 0 Å². The third-order valence-electron chi connectivity index (χ3n) is 2.95. The first kappa shape index (κ1) is 8.56. The summed E-state index contributed by atoms with van der Waals surface area (Å²) in [5.41, 5.74) is 1.15. The lowest BCUT2D eigenvalue weighted by Crippen LogP contribution is -2.37. The van der Waals surface area contributed by atoms with Crippen molar-refractivity contribution in [2.45, 2.75) is 25.2 Å². The van der Waals surface area contributed by atoms with E-state index >= 15 is 0 Å². The van der Waals surface area contributed by atoms with E-state index in [0.717, 1.165) is 31.6 Å². The molecule has 1 aliphatic heterocycles. The van der Waals surface area contributed by atoms with E-state index < -0.39 is 0 Å². The maximum Gasteiger partial charge on any atom is 0.264 e. The van der Waals surface area contributed by atoms with Gasteiger partial charge in [0.25, 0.3) is 5.56 Å². The molecule has 1 aliphatic rings. The van der Waals surface area contributed by atoms with Gasteiger partial charge in [0.1, 0.15) is 0 Å². The summed E-state index contributed by atoms with van der Waals surface area (Å²) in [6, 6.07) is 1.67. The molecule has 0 radical (unpaired) electrons. The predicted molar refractivity (Wildman–Crippen MR) is 50.9 cm³/mol. The summed E-state index contributed by atoms with van der Waals surface area (Å²) in [4.78, 5) is 11.0. The molecule has 72 valence electrons. The van der Waals surface area contributed by atoms with Gasteiger partial charge in [-0.15, -0.1) is 0 Å². The highest BCUT2D eigenvalue weighted by Gasteiger charge is 2.29. The molecule has 0 spiro atoms. The van der Waals surface area contributed by atoms with Gasteiger partial charge < -0.3 is 10.4 Å². The van der Waals surface area contributed by atoms with Crippen molar-refractivity contribution in [3.05, 3.63) is 22.1 Å². The summed E-state index contributed by atoms with van der Waals surface area (Å²) in [6.07, 6.45) is 2.17. The van der Waals surface area contributed by atoms with Crippen LogP contribution in [0.15, 0.2) is 10.9 Å². The van der Waals surface area contributed by atoms with Gasteiger partial charge in [-0.05, 0) is 25.9 Å². The van der Waals surface area contributed by atoms with E-state index in [0.29, 0.717) is 0 Å². The van der Waals surface area contributed by atoms with Crippen LogP contribution < -0.4 is 10.9 Å². The van der Waals surface area contributed by atoms with Crippen LogP contribution in [0.25, 0.3) is 0 Å². The van der Waals surface area contributed by atoms with Crippen LogP contribution in [0, 0.1) is 0 Å². The number of hydrogen-bond acceptors (Lipinski definition) is 2. The molecule has 1 saturated heterocycles. The van der Waals surface area contributed by atoms with Crippen molar-refractivity contribution < 1.29 is 0 Å². The zero-order valence-corrected chi connectivity index (χ0v) is 7.81. The maximum absolute atomic E-state index is 11.0. The zero-order chi connectivity index (χ0) is 9.31. The summed E-state index contributed by atoms with van der Waals surface area (Å²) in [6.45, 7) is 4.26. The van der Waals surface area contributed by atoms with Crippen molar-refractivity contribution in [3.63, 3.8) is 0 Å². The Morgan fingerprint density at radius 3 is 2.54 bits per heavy atom. The van der Waals surface area contributed by atoms with Crippen LogP contribution >= 0.6 is 0 Å². The fourth-order valence-corrected chi connectivity index (χ4v) is 1.91. The van der Waals surface area contributed by atoms with Gasteiger partial charge >= 0.3 is 0 Å². The standard InChI is InChI=1S/C9H15N3O/c1-9(2-4-10-5-3-9)7-6-8(13)12-11-7/h6,10H,2-5H2,1H3,(H2,11,12,13). The Labute approximate surface area is 76.7 Å². The Morgan fingerprint density at radius 2 is 2.00 bits per heavy atom. The Balaban J connectivity index is 2.27. The fourth-order valence-electron chi connectivity index (χ4n) is 1.91. The molecule has 0 saturated carbocycles. The fraction of sp³-hybridized carbons (Fsp3) is 0.667. The van der Waals surface area contributed by atoms with E-state index in [2.05, 4.69) is 22.4 Å². The molecule has 0 atom stereocenters. The van der Waals surface area contributed by atoms with E-state index in [1.54, 1.807) is 6.07 Å². The van der Waals surface area contributed by atoms with Crippen LogP contribution in [-0.2, 0) is 5.41 Å². The third kappa shape index (κ3) is 1.54. The molecule has 0 aliphatic carbocycles. The second kappa shape index (κ2) is 3.03. The van der Waals surface area contributed by atoms with Gasteiger partial charge in [-0.2, -0.15) is 0 Å². The van der Waals surface area contributed by atoms with Crippen LogP contribution in [0.1, 0.15) is 25.5 Å². The molecular weight excluding hydrogens is 166 g/mol. The number of H-pyrrole nitrogens is 2. The number of hydrogen-bond donors (Lipinski definition) is 3. The molecule has 2 heterocycles. The zero-order valence-electron chi connectivity index (χ0n) is 7.81. The monoisotopic (exact) mass is 181 g/mol. The van der Waals surface area contributed by atoms with Crippen LogP contribution in [0.5, 0.6) is 0 Å². The van der Waals surface area contributed by atoms with Gasteiger partial charge in [0.2, 0.25) is 0 Å². The second-order valence-corrected chi connectivity index (χ2v) is 3.98. The minimum atomic E-state index is -0.0326. The first-order valence-electron chi connectivity index (χ1n) is 4.70. The summed E-state index contributed by atoms with van der Waals surface area (Å²) in [7, 11) is 0. The molecule has 1 aromatic rings. The van der Waals surface area contributed by atoms with E-state index in [1.165, 1.54) is 0 Å². The summed E-state index contributed by atoms with van der Waals surface area (Å²) < 4.78 is 0. The van der Waals surface area contributed by atoms with Crippen molar-refractivity contribution in [3.8, 4) is 0 Å². The van der Waals surface area contributed by atoms with E-state index in [1.807, 2.05) is 0 Å². The molecular formula is C9H15N3O. The number of nitrogens with one attached hydrogen (secondary N) is 3. The predicted octanol–water partition coefficient (Wildman–Crippen LogP) is 0.344. The van der Waals surface area contributed by atoms with Crippen molar-refractivity contribution in [1.82, 2.24) is 15.5 Å². The number of aromatic nitrogens is 2. The number of rotatable bonds is 1. The summed E-state index contributed by atoms with van der Waals surface area (Å²) in [5.74, 6) is 0. The smallest absolute Gasteiger partial charge is 0.264 e. The molecule has 1 fully saturated rings. The second-order valence-electron chi connectivity index (χ2n) is 3.98. The van der Waals surface area contributed by atoms with Crippen LogP contribution in [-0.4, -0.2) is 23.3 Å². The lowest BCUT2D eigenvalue weighted by Gasteiger charge is -2.32. The molecule has 0 aromatic carbocycles. The first-order valence-corrected chi connectivity index (χ1v) is 4.70. The van der Waals surface area contributed by atoms with E-state index in [9.17, 15) is 4.79 Å². The average Bonchev–Trinajstić information content (AvgIpc) is 2.54. The highest BCUT2D eigenvalue weighted by Crippen LogP contribution is 2.30. The minimum absolute atomic E-state index is 0.0326.